The van der Waals surface area contributed by atoms with Gasteiger partial charge in [-0.2, -0.15) is 0 Å². The molecule has 8 aromatic rings. The highest BCUT2D eigenvalue weighted by Crippen LogP contribution is 2.49. The molecule has 0 radical (unpaired) electrons. The summed E-state index contributed by atoms with van der Waals surface area (Å²) < 4.78 is 2.42. The molecule has 0 atom stereocenters. The summed E-state index contributed by atoms with van der Waals surface area (Å²) in [4.78, 5) is 0. The zero-order chi connectivity index (χ0) is 30.1. The molecule has 0 aliphatic heterocycles. The predicted octanol–water partition coefficient (Wildman–Crippen LogP) is 11.7. The van der Waals surface area contributed by atoms with Crippen molar-refractivity contribution in [2.75, 3.05) is 5.32 Å². The summed E-state index contributed by atoms with van der Waals surface area (Å²) in [6.07, 6.45) is 0. The summed E-state index contributed by atoms with van der Waals surface area (Å²) in [5.41, 5.74) is 13.7. The van der Waals surface area contributed by atoms with E-state index in [4.69, 9.17) is 0 Å². The Morgan fingerprint density at radius 2 is 1.16 bits per heavy atom. The molecular formula is C43H32N2. The summed E-state index contributed by atoms with van der Waals surface area (Å²) in [6, 6.07) is 55.3. The van der Waals surface area contributed by atoms with E-state index in [9.17, 15) is 0 Å². The normalized spacial score (nSPS) is 13.3. The lowest BCUT2D eigenvalue weighted by molar-refractivity contribution is 0.660. The first-order chi connectivity index (χ1) is 22.0. The van der Waals surface area contributed by atoms with Crippen LogP contribution in [-0.4, -0.2) is 4.57 Å². The van der Waals surface area contributed by atoms with Gasteiger partial charge in [0, 0.05) is 33.2 Å². The van der Waals surface area contributed by atoms with Crippen molar-refractivity contribution in [3.8, 4) is 27.9 Å². The van der Waals surface area contributed by atoms with Gasteiger partial charge in [-0.1, -0.05) is 111 Å². The standard InChI is InChI=1S/C43H32N2/c1-43(2)39-13-7-5-11-35(39)36-23-22-34(27-40(36)43)45-41-14-8-6-12-37(41)38-26-33(21-24-42(38)45)44-32-19-17-29(18-20-32)31-16-15-28-9-3-4-10-30(28)25-31/h3-27,44H,1-2H3. The van der Waals surface area contributed by atoms with Crippen LogP contribution in [0.4, 0.5) is 11.4 Å². The molecule has 1 aliphatic rings. The van der Waals surface area contributed by atoms with Gasteiger partial charge in [0.2, 0.25) is 0 Å². The molecule has 1 aromatic heterocycles. The average Bonchev–Trinajstić information content (AvgIpc) is 3.53. The monoisotopic (exact) mass is 576 g/mol. The Morgan fingerprint density at radius 1 is 0.467 bits per heavy atom. The molecule has 0 saturated carbocycles. The van der Waals surface area contributed by atoms with Gasteiger partial charge in [0.25, 0.3) is 0 Å². The Bertz CT molecular complexity index is 2420. The van der Waals surface area contributed by atoms with E-state index < -0.39 is 0 Å². The van der Waals surface area contributed by atoms with E-state index in [1.807, 2.05) is 0 Å². The highest BCUT2D eigenvalue weighted by Gasteiger charge is 2.35. The highest BCUT2D eigenvalue weighted by molar-refractivity contribution is 6.10. The van der Waals surface area contributed by atoms with Crippen molar-refractivity contribution in [2.45, 2.75) is 19.3 Å². The van der Waals surface area contributed by atoms with Crippen LogP contribution >= 0.6 is 0 Å². The number of hydrogen-bond donors (Lipinski definition) is 1. The topological polar surface area (TPSA) is 17.0 Å². The van der Waals surface area contributed by atoms with E-state index in [0.29, 0.717) is 0 Å². The lowest BCUT2D eigenvalue weighted by Crippen LogP contribution is -2.15. The molecule has 0 bridgehead atoms. The fourth-order valence-corrected chi connectivity index (χ4v) is 7.44. The number of nitrogens with one attached hydrogen (secondary N) is 1. The molecule has 1 heterocycles. The summed E-state index contributed by atoms with van der Waals surface area (Å²) >= 11 is 0. The maximum atomic E-state index is 3.66. The number of anilines is 2. The number of benzene rings is 7. The number of rotatable bonds is 4. The molecule has 214 valence electrons. The second-order valence-corrected chi connectivity index (χ2v) is 12.7. The van der Waals surface area contributed by atoms with Gasteiger partial charge in [-0.25, -0.2) is 0 Å². The van der Waals surface area contributed by atoms with Crippen molar-refractivity contribution >= 4 is 44.0 Å². The van der Waals surface area contributed by atoms with Gasteiger partial charge in [0.05, 0.1) is 11.0 Å². The zero-order valence-electron chi connectivity index (χ0n) is 25.4. The fraction of sp³-hybridized carbons (Fsp3) is 0.0698. The molecule has 2 nitrogen and oxygen atoms in total. The number of para-hydroxylation sites is 1. The van der Waals surface area contributed by atoms with Crippen LogP contribution in [0.25, 0.3) is 60.5 Å². The van der Waals surface area contributed by atoms with Crippen molar-refractivity contribution in [1.29, 1.82) is 0 Å². The molecular weight excluding hydrogens is 544 g/mol. The van der Waals surface area contributed by atoms with Crippen LogP contribution in [0, 0.1) is 0 Å². The minimum absolute atomic E-state index is 0.0400. The zero-order valence-corrected chi connectivity index (χ0v) is 25.4. The van der Waals surface area contributed by atoms with Gasteiger partial charge < -0.3 is 9.88 Å². The van der Waals surface area contributed by atoms with Gasteiger partial charge in [0.1, 0.15) is 0 Å². The number of nitrogens with zero attached hydrogens (tertiary/aromatic N) is 1. The van der Waals surface area contributed by atoms with E-state index in [0.717, 1.165) is 11.4 Å². The maximum absolute atomic E-state index is 3.66. The van der Waals surface area contributed by atoms with Gasteiger partial charge >= 0.3 is 0 Å². The largest absolute Gasteiger partial charge is 0.356 e. The van der Waals surface area contributed by atoms with Crippen LogP contribution in [0.1, 0.15) is 25.0 Å². The SMILES string of the molecule is CC1(C)c2ccccc2-c2ccc(-n3c4ccccc4c4cc(Nc5ccc(-c6ccc7ccccc7c6)cc5)ccc43)cc21. The first kappa shape index (κ1) is 25.9. The maximum Gasteiger partial charge on any atom is 0.0542 e. The van der Waals surface area contributed by atoms with Crippen molar-refractivity contribution in [2.24, 2.45) is 0 Å². The van der Waals surface area contributed by atoms with Crippen LogP contribution in [0.15, 0.2) is 152 Å². The second kappa shape index (κ2) is 9.70. The highest BCUT2D eigenvalue weighted by atomic mass is 15.0. The molecule has 45 heavy (non-hydrogen) atoms. The Kier molecular flexibility index (Phi) is 5.58. The van der Waals surface area contributed by atoms with Crippen LogP contribution < -0.4 is 5.32 Å². The minimum atomic E-state index is -0.0400. The summed E-state index contributed by atoms with van der Waals surface area (Å²) in [5.74, 6) is 0. The van der Waals surface area contributed by atoms with E-state index in [-0.39, 0.29) is 5.41 Å². The molecule has 0 fully saturated rings. The Balaban J connectivity index is 1.08. The molecule has 1 aliphatic carbocycles. The minimum Gasteiger partial charge on any atom is -0.356 e. The lowest BCUT2D eigenvalue weighted by atomic mass is 9.82. The summed E-state index contributed by atoms with van der Waals surface area (Å²) in [7, 11) is 0. The second-order valence-electron chi connectivity index (χ2n) is 12.7. The van der Waals surface area contributed by atoms with Gasteiger partial charge in [0.15, 0.2) is 0 Å². The van der Waals surface area contributed by atoms with Crippen LogP contribution in [0.3, 0.4) is 0 Å². The summed E-state index contributed by atoms with van der Waals surface area (Å²) in [5, 5.41) is 8.69. The van der Waals surface area contributed by atoms with Crippen molar-refractivity contribution < 1.29 is 0 Å². The predicted molar refractivity (Wildman–Crippen MR) is 191 cm³/mol. The number of hydrogen-bond acceptors (Lipinski definition) is 1. The first-order valence-electron chi connectivity index (χ1n) is 15.7. The smallest absolute Gasteiger partial charge is 0.0542 e. The third-order valence-electron chi connectivity index (χ3n) is 9.75. The number of fused-ring (bicyclic) bond motifs is 7. The Morgan fingerprint density at radius 3 is 2.04 bits per heavy atom. The summed E-state index contributed by atoms with van der Waals surface area (Å²) in [6.45, 7) is 4.69. The van der Waals surface area contributed by atoms with E-state index in [2.05, 4.69) is 175 Å². The van der Waals surface area contributed by atoms with Crippen LogP contribution in [0.5, 0.6) is 0 Å². The molecule has 0 saturated heterocycles. The quantitative estimate of drug-likeness (QED) is 0.220. The van der Waals surface area contributed by atoms with E-state index in [1.165, 1.54) is 71.6 Å². The van der Waals surface area contributed by atoms with Crippen molar-refractivity contribution in [3.05, 3.63) is 163 Å². The lowest BCUT2D eigenvalue weighted by Gasteiger charge is -2.22. The average molecular weight is 577 g/mol. The number of aromatic nitrogens is 1. The first-order valence-corrected chi connectivity index (χ1v) is 15.7. The van der Waals surface area contributed by atoms with Gasteiger partial charge in [-0.05, 0) is 98.8 Å². The molecule has 1 N–H and O–H groups in total. The Labute approximate surface area is 263 Å². The van der Waals surface area contributed by atoms with E-state index in [1.54, 1.807) is 0 Å². The third-order valence-corrected chi connectivity index (χ3v) is 9.75. The third kappa shape index (κ3) is 4.03. The molecule has 2 heteroatoms. The van der Waals surface area contributed by atoms with Gasteiger partial charge in [-0.15, -0.1) is 0 Å². The molecule has 0 unspecified atom stereocenters. The van der Waals surface area contributed by atoms with Crippen molar-refractivity contribution in [3.63, 3.8) is 0 Å². The molecule has 9 rings (SSSR count). The molecule has 0 spiro atoms. The molecule has 7 aromatic carbocycles. The Hall–Kier alpha value is -5.60. The van der Waals surface area contributed by atoms with Crippen LogP contribution in [-0.2, 0) is 5.41 Å². The van der Waals surface area contributed by atoms with Crippen LogP contribution in [0.2, 0.25) is 0 Å². The van der Waals surface area contributed by atoms with Crippen molar-refractivity contribution in [1.82, 2.24) is 4.57 Å². The fourth-order valence-electron chi connectivity index (χ4n) is 7.44. The van der Waals surface area contributed by atoms with Gasteiger partial charge in [-0.3, -0.25) is 0 Å². The van der Waals surface area contributed by atoms with E-state index >= 15 is 0 Å². The molecule has 0 amide bonds.